The van der Waals surface area contributed by atoms with Crippen LogP contribution in [0.5, 0.6) is 0 Å². The molecule has 0 spiro atoms. The van der Waals surface area contributed by atoms with Gasteiger partial charge in [0.25, 0.3) is 0 Å². The van der Waals surface area contributed by atoms with Crippen molar-refractivity contribution in [1.82, 2.24) is 5.32 Å². The van der Waals surface area contributed by atoms with Crippen molar-refractivity contribution < 1.29 is 9.59 Å². The molecule has 1 aliphatic carbocycles. The molecule has 0 radical (unpaired) electrons. The number of carbonyl (C=O) groups is 2. The number of fused-ring (bicyclic) bond motifs is 1. The van der Waals surface area contributed by atoms with E-state index in [1.807, 2.05) is 12.2 Å². The minimum Gasteiger partial charge on any atom is -0.325 e. The van der Waals surface area contributed by atoms with Crippen LogP contribution >= 0.6 is 0 Å². The molecule has 0 saturated heterocycles. The highest BCUT2D eigenvalue weighted by atomic mass is 16.2. The molecule has 100 valence electrons. The van der Waals surface area contributed by atoms with Crippen molar-refractivity contribution in [3.63, 3.8) is 0 Å². The molecular formula is C15H18N2O2. The largest absolute Gasteiger partial charge is 0.325 e. The van der Waals surface area contributed by atoms with Gasteiger partial charge in [0.15, 0.2) is 0 Å². The zero-order valence-corrected chi connectivity index (χ0v) is 11.7. The first-order chi connectivity index (χ1) is 8.77. The van der Waals surface area contributed by atoms with Crippen LogP contribution in [0, 0.1) is 11.3 Å². The number of nitrogens with one attached hydrogen (secondary N) is 1. The van der Waals surface area contributed by atoms with Crippen molar-refractivity contribution in [3.8, 4) is 0 Å². The fourth-order valence-electron chi connectivity index (χ4n) is 2.32. The van der Waals surface area contributed by atoms with Gasteiger partial charge in [0.2, 0.25) is 11.8 Å². The molecule has 2 amide bonds. The second kappa shape index (κ2) is 4.61. The topological polar surface area (TPSA) is 58.5 Å². The van der Waals surface area contributed by atoms with Crippen LogP contribution < -0.4 is 5.32 Å². The summed E-state index contributed by atoms with van der Waals surface area (Å²) in [6.45, 7) is 7.66. The maximum absolute atomic E-state index is 11.7. The summed E-state index contributed by atoms with van der Waals surface area (Å²) in [5.74, 6) is -0.308. The predicted molar refractivity (Wildman–Crippen MR) is 74.5 cm³/mol. The van der Waals surface area contributed by atoms with Gasteiger partial charge in [-0.1, -0.05) is 26.8 Å². The molecule has 1 heterocycles. The zero-order valence-electron chi connectivity index (χ0n) is 11.7. The first-order valence-corrected chi connectivity index (χ1v) is 6.29. The van der Waals surface area contributed by atoms with Crippen LogP contribution in [-0.4, -0.2) is 17.5 Å². The number of amides is 2. The Morgan fingerprint density at radius 1 is 1.32 bits per heavy atom. The van der Waals surface area contributed by atoms with E-state index >= 15 is 0 Å². The van der Waals surface area contributed by atoms with E-state index in [2.05, 4.69) is 31.1 Å². The molecule has 0 bridgehead atoms. The highest BCUT2D eigenvalue weighted by Crippen LogP contribution is 2.38. The predicted octanol–water partition coefficient (Wildman–Crippen LogP) is 2.15. The number of hydrogen-bond acceptors (Lipinski definition) is 2. The number of nitrogens with zero attached hydrogens (tertiary/aromatic N) is 1. The van der Waals surface area contributed by atoms with E-state index in [9.17, 15) is 9.59 Å². The lowest BCUT2D eigenvalue weighted by Gasteiger charge is -2.34. The maximum Gasteiger partial charge on any atom is 0.248 e. The quantitative estimate of drug-likeness (QED) is 0.723. The van der Waals surface area contributed by atoms with E-state index in [0.29, 0.717) is 5.71 Å². The number of carbonyl (C=O) groups excluding carboxylic acids is 2. The van der Waals surface area contributed by atoms with Gasteiger partial charge >= 0.3 is 0 Å². The molecule has 0 fully saturated rings. The van der Waals surface area contributed by atoms with Crippen molar-refractivity contribution >= 4 is 17.5 Å². The molecule has 0 aromatic heterocycles. The highest BCUT2D eigenvalue weighted by Gasteiger charge is 2.32. The number of rotatable bonds is 0. The average Bonchev–Trinajstić information content (AvgIpc) is 2.25. The van der Waals surface area contributed by atoms with Crippen LogP contribution in [0.15, 0.2) is 40.6 Å². The Labute approximate surface area is 113 Å². The Balaban J connectivity index is 2.42. The Morgan fingerprint density at radius 3 is 2.58 bits per heavy atom. The third-order valence-electron chi connectivity index (χ3n) is 3.14. The van der Waals surface area contributed by atoms with E-state index in [4.69, 9.17) is 0 Å². The Bertz CT molecular complexity index is 557. The monoisotopic (exact) mass is 258 g/mol. The summed E-state index contributed by atoms with van der Waals surface area (Å²) in [6.07, 6.45) is 7.24. The number of allylic oxidation sites excluding steroid dienone is 3. The summed E-state index contributed by atoms with van der Waals surface area (Å²) in [7, 11) is 0. The average molecular weight is 258 g/mol. The molecule has 2 aliphatic rings. The Kier molecular flexibility index (Phi) is 3.27. The lowest BCUT2D eigenvalue weighted by molar-refractivity contribution is -0.116. The second-order valence-corrected chi connectivity index (χ2v) is 5.83. The second-order valence-electron chi connectivity index (χ2n) is 5.83. The molecule has 4 heteroatoms. The summed E-state index contributed by atoms with van der Waals surface area (Å²) in [5.41, 5.74) is 2.36. The first-order valence-electron chi connectivity index (χ1n) is 6.29. The van der Waals surface area contributed by atoms with Gasteiger partial charge in [0, 0.05) is 24.6 Å². The van der Waals surface area contributed by atoms with Crippen molar-refractivity contribution in [2.75, 3.05) is 0 Å². The van der Waals surface area contributed by atoms with Gasteiger partial charge in [-0.25, -0.2) is 4.99 Å². The molecule has 0 saturated carbocycles. The molecule has 19 heavy (non-hydrogen) atoms. The molecule has 0 aromatic carbocycles. The summed E-state index contributed by atoms with van der Waals surface area (Å²) in [4.78, 5) is 26.6. The molecule has 1 atom stereocenters. The summed E-state index contributed by atoms with van der Waals surface area (Å²) in [5, 5.41) is 2.83. The van der Waals surface area contributed by atoms with Crippen molar-refractivity contribution in [2.24, 2.45) is 16.3 Å². The zero-order chi connectivity index (χ0) is 14.2. The highest BCUT2D eigenvalue weighted by molar-refractivity contribution is 6.11. The van der Waals surface area contributed by atoms with Gasteiger partial charge in [-0.05, 0) is 23.1 Å². The fourth-order valence-corrected chi connectivity index (χ4v) is 2.32. The van der Waals surface area contributed by atoms with E-state index < -0.39 is 0 Å². The summed E-state index contributed by atoms with van der Waals surface area (Å²) < 4.78 is 0. The van der Waals surface area contributed by atoms with Crippen LogP contribution in [0.1, 0.15) is 27.7 Å². The lowest BCUT2D eigenvalue weighted by atomic mass is 9.74. The Morgan fingerprint density at radius 2 is 2.00 bits per heavy atom. The third-order valence-corrected chi connectivity index (χ3v) is 3.14. The van der Waals surface area contributed by atoms with Gasteiger partial charge in [0.1, 0.15) is 0 Å². The minimum absolute atomic E-state index is 0.0589. The number of hydrogen-bond donors (Lipinski definition) is 1. The van der Waals surface area contributed by atoms with Crippen LogP contribution in [0.3, 0.4) is 0 Å². The van der Waals surface area contributed by atoms with Gasteiger partial charge in [-0.15, -0.1) is 0 Å². The Hall–Kier alpha value is -1.97. The fraction of sp³-hybridized carbons (Fsp3) is 0.400. The third kappa shape index (κ3) is 2.89. The van der Waals surface area contributed by atoms with Crippen molar-refractivity contribution in [2.45, 2.75) is 27.7 Å². The van der Waals surface area contributed by atoms with Crippen LogP contribution in [-0.2, 0) is 9.59 Å². The molecule has 2 rings (SSSR count). The van der Waals surface area contributed by atoms with Crippen molar-refractivity contribution in [1.29, 1.82) is 0 Å². The molecule has 0 aromatic rings. The van der Waals surface area contributed by atoms with E-state index in [-0.39, 0.29) is 23.1 Å². The van der Waals surface area contributed by atoms with Gasteiger partial charge < -0.3 is 5.32 Å². The number of aliphatic imine (C=N–C) groups is 1. The molecular weight excluding hydrogens is 240 g/mol. The van der Waals surface area contributed by atoms with E-state index in [1.165, 1.54) is 6.92 Å². The normalized spacial score (nSPS) is 24.5. The van der Waals surface area contributed by atoms with Gasteiger partial charge in [0.05, 0.1) is 5.71 Å². The molecule has 1 unspecified atom stereocenters. The van der Waals surface area contributed by atoms with Gasteiger partial charge in [-0.2, -0.15) is 0 Å². The standard InChI is InChI=1S/C15H18N2O2/c1-9(18)16-10-5-6-11-12(15(2,3)4)8-14(19)17-13(11)7-10/h5-8,11H,1-4H3,(H,17,19). The first kappa shape index (κ1) is 13.5. The van der Waals surface area contributed by atoms with Crippen LogP contribution in [0.2, 0.25) is 0 Å². The molecule has 4 nitrogen and oxygen atoms in total. The maximum atomic E-state index is 11.7. The summed E-state index contributed by atoms with van der Waals surface area (Å²) in [6, 6.07) is 0. The van der Waals surface area contributed by atoms with Crippen molar-refractivity contribution in [3.05, 3.63) is 35.6 Å². The molecule has 1 aliphatic heterocycles. The van der Waals surface area contributed by atoms with Crippen LogP contribution in [0.25, 0.3) is 0 Å². The van der Waals surface area contributed by atoms with E-state index in [0.717, 1.165) is 11.3 Å². The smallest absolute Gasteiger partial charge is 0.248 e. The van der Waals surface area contributed by atoms with Gasteiger partial charge in [-0.3, -0.25) is 9.59 Å². The molecule has 1 N–H and O–H groups in total. The minimum atomic E-state index is -0.247. The summed E-state index contributed by atoms with van der Waals surface area (Å²) >= 11 is 0. The SMILES string of the molecule is CC(=O)N=C1C=CC2C(=C1)NC(=O)C=C2C(C)(C)C. The van der Waals surface area contributed by atoms with E-state index in [1.54, 1.807) is 12.2 Å². The van der Waals surface area contributed by atoms with Crippen LogP contribution in [0.4, 0.5) is 0 Å². The lowest BCUT2D eigenvalue weighted by Crippen LogP contribution is -2.36.